The van der Waals surface area contributed by atoms with Gasteiger partial charge < -0.3 is 51.2 Å². The lowest BCUT2D eigenvalue weighted by molar-refractivity contribution is -0.112. The normalized spacial score (nSPS) is 10.6. The van der Waals surface area contributed by atoms with Gasteiger partial charge in [-0.25, -0.2) is 14.4 Å². The molecule has 0 fully saturated rings. The molecule has 6 rings (SSSR count). The van der Waals surface area contributed by atoms with Crippen LogP contribution in [0.1, 0.15) is 31.1 Å². The van der Waals surface area contributed by atoms with Gasteiger partial charge in [-0.1, -0.05) is 31.4 Å². The Balaban J connectivity index is 0.000000244. The third-order valence-electron chi connectivity index (χ3n) is 8.42. The molecule has 336 valence electrons. The first-order chi connectivity index (χ1) is 31.2. The second-order valence-corrected chi connectivity index (χ2v) is 14.4. The molecule has 6 aromatic rings. The number of carbonyl (C=O) groups excluding carboxylic acids is 3. The molecule has 0 saturated heterocycles. The summed E-state index contributed by atoms with van der Waals surface area (Å²) in [5.74, 6) is 0.561. The van der Waals surface area contributed by atoms with Gasteiger partial charge >= 0.3 is 0 Å². The number of anilines is 10. The summed E-state index contributed by atoms with van der Waals surface area (Å²) in [6, 6.07) is 28.1. The Morgan fingerprint density at radius 3 is 1.75 bits per heavy atom. The highest BCUT2D eigenvalue weighted by atomic mass is 19.1. The number of nitrogens with zero attached hydrogens (tertiary/aromatic N) is 4. The van der Waals surface area contributed by atoms with Crippen molar-refractivity contribution < 1.29 is 38.1 Å². The SMILES string of the molecule is C=CC(=O)Nc1cccc(Nc2nc(Nc3ccc(OCCOC)cc3)ncc2C(C)=O)c1.C=CC(=O)Nc1cccc(Nc2nc(Nc3cccc(OCC(C)(C)O)c3)ncc2F)c1. The number of aromatic nitrogens is 4. The van der Waals surface area contributed by atoms with Gasteiger partial charge in [-0.05, 0) is 106 Å². The molecule has 0 bridgehead atoms. The number of ketones is 1. The maximum absolute atomic E-state index is 14.3. The molecule has 0 radical (unpaired) electrons. The van der Waals surface area contributed by atoms with Crippen molar-refractivity contribution >= 4 is 75.3 Å². The minimum absolute atomic E-state index is 0.0378. The number of ether oxygens (including phenoxy) is 3. The number of nitrogens with one attached hydrogen (secondary N) is 6. The molecule has 0 aliphatic rings. The Bertz CT molecular complexity index is 2600. The Labute approximate surface area is 375 Å². The number of halogens is 1. The Hall–Kier alpha value is -8.22. The van der Waals surface area contributed by atoms with Crippen LogP contribution in [-0.2, 0) is 14.3 Å². The lowest BCUT2D eigenvalue weighted by atomic mass is 10.2. The summed E-state index contributed by atoms with van der Waals surface area (Å²) in [6.45, 7) is 12.7. The molecule has 2 amide bonds. The number of carbonyl (C=O) groups is 3. The second kappa shape index (κ2) is 23.3. The molecule has 0 aliphatic heterocycles. The zero-order chi connectivity index (χ0) is 46.8. The van der Waals surface area contributed by atoms with E-state index in [0.717, 1.165) is 23.7 Å². The number of rotatable bonds is 20. The maximum Gasteiger partial charge on any atom is 0.247 e. The number of Topliss-reactive ketones (excluding diaryl/α,β-unsaturated/α-hetero) is 1. The molecule has 0 atom stereocenters. The molecule has 17 nitrogen and oxygen atoms in total. The number of amides is 2. The first-order valence-electron chi connectivity index (χ1n) is 19.9. The summed E-state index contributed by atoms with van der Waals surface area (Å²) in [7, 11) is 1.62. The summed E-state index contributed by atoms with van der Waals surface area (Å²) in [5.41, 5.74) is 3.03. The number of hydrogen-bond donors (Lipinski definition) is 7. The van der Waals surface area contributed by atoms with E-state index in [4.69, 9.17) is 14.2 Å². The molecule has 7 N–H and O–H groups in total. The van der Waals surface area contributed by atoms with E-state index < -0.39 is 11.4 Å². The average molecular weight is 885 g/mol. The standard InChI is InChI=1S/C24H25N5O4.C23H24FN5O3/c1-4-22(31)26-18-6-5-7-19(14-18)27-23-21(16(2)30)15-25-24(29-23)28-17-8-10-20(11-9-17)33-13-12-32-3;1-4-20(30)26-15-7-5-8-16(11-15)27-21-19(24)13-25-22(29-21)28-17-9-6-10-18(12-17)32-14-23(2,3)31/h4-11,14-15H,1,12-13H2,2-3H3,(H,26,31)(H2,25,27,28,29);4-13,31H,1,14H2,2-3H3,(H,26,30)(H2,25,27,28,29). The van der Waals surface area contributed by atoms with E-state index in [0.29, 0.717) is 64.7 Å². The zero-order valence-corrected chi connectivity index (χ0v) is 36.1. The zero-order valence-electron chi connectivity index (χ0n) is 36.1. The number of aliphatic hydroxyl groups is 1. The highest BCUT2D eigenvalue weighted by molar-refractivity contribution is 6.01. The van der Waals surface area contributed by atoms with Crippen molar-refractivity contribution in [2.45, 2.75) is 26.4 Å². The summed E-state index contributed by atoms with van der Waals surface area (Å²) < 4.78 is 30.4. The monoisotopic (exact) mass is 884 g/mol. The quantitative estimate of drug-likeness (QED) is 0.0216. The van der Waals surface area contributed by atoms with E-state index in [-0.39, 0.29) is 36.0 Å². The van der Waals surface area contributed by atoms with Crippen molar-refractivity contribution in [2.75, 3.05) is 58.8 Å². The molecule has 0 unspecified atom stereocenters. The van der Waals surface area contributed by atoms with Gasteiger partial charge in [0, 0.05) is 53.5 Å². The molecule has 18 heteroatoms. The molecular weight excluding hydrogens is 836 g/mol. The number of methoxy groups -OCH3 is 1. The van der Waals surface area contributed by atoms with Crippen LogP contribution in [0.15, 0.2) is 135 Å². The van der Waals surface area contributed by atoms with Crippen LogP contribution in [0.2, 0.25) is 0 Å². The van der Waals surface area contributed by atoms with E-state index in [1.165, 1.54) is 19.2 Å². The topological polar surface area (TPSA) is 223 Å². The summed E-state index contributed by atoms with van der Waals surface area (Å²) in [6.07, 6.45) is 4.86. The second-order valence-electron chi connectivity index (χ2n) is 14.4. The molecule has 0 saturated carbocycles. The molecular formula is C47H49FN10O7. The average Bonchev–Trinajstić information content (AvgIpc) is 3.28. The van der Waals surface area contributed by atoms with Crippen molar-refractivity contribution in [1.29, 1.82) is 0 Å². The minimum Gasteiger partial charge on any atom is -0.491 e. The molecule has 2 heterocycles. The van der Waals surface area contributed by atoms with Crippen LogP contribution in [0.5, 0.6) is 11.5 Å². The van der Waals surface area contributed by atoms with Crippen molar-refractivity contribution in [1.82, 2.24) is 19.9 Å². The molecule has 2 aromatic heterocycles. The molecule has 4 aromatic carbocycles. The van der Waals surface area contributed by atoms with Crippen LogP contribution in [-0.4, -0.2) is 75.2 Å². The van der Waals surface area contributed by atoms with Crippen molar-refractivity contribution in [2.24, 2.45) is 0 Å². The number of benzene rings is 4. The van der Waals surface area contributed by atoms with Gasteiger partial charge in [-0.3, -0.25) is 14.4 Å². The van der Waals surface area contributed by atoms with Gasteiger partial charge in [0.2, 0.25) is 23.7 Å². The summed E-state index contributed by atoms with van der Waals surface area (Å²) >= 11 is 0. The predicted octanol–water partition coefficient (Wildman–Crippen LogP) is 8.69. The van der Waals surface area contributed by atoms with Crippen LogP contribution >= 0.6 is 0 Å². The van der Waals surface area contributed by atoms with Crippen molar-refractivity contribution in [3.8, 4) is 11.5 Å². The summed E-state index contributed by atoms with van der Waals surface area (Å²) in [5, 5.41) is 27.3. The highest BCUT2D eigenvalue weighted by Gasteiger charge is 2.15. The van der Waals surface area contributed by atoms with Gasteiger partial charge in [0.05, 0.1) is 24.0 Å². The lowest BCUT2D eigenvalue weighted by Gasteiger charge is -2.18. The third kappa shape index (κ3) is 15.9. The first kappa shape index (κ1) is 47.8. The van der Waals surface area contributed by atoms with E-state index >= 15 is 0 Å². The van der Waals surface area contributed by atoms with Crippen LogP contribution in [0, 0.1) is 5.82 Å². The predicted molar refractivity (Wildman–Crippen MR) is 250 cm³/mol. The van der Waals surface area contributed by atoms with E-state index in [9.17, 15) is 23.9 Å². The van der Waals surface area contributed by atoms with Crippen molar-refractivity contribution in [3.63, 3.8) is 0 Å². The van der Waals surface area contributed by atoms with Crippen LogP contribution in [0.3, 0.4) is 0 Å². The van der Waals surface area contributed by atoms with Crippen LogP contribution in [0.25, 0.3) is 0 Å². The molecule has 0 aliphatic carbocycles. The number of hydrogen-bond acceptors (Lipinski definition) is 15. The largest absolute Gasteiger partial charge is 0.491 e. The smallest absolute Gasteiger partial charge is 0.247 e. The summed E-state index contributed by atoms with van der Waals surface area (Å²) in [4.78, 5) is 52.0. The first-order valence-corrected chi connectivity index (χ1v) is 19.9. The Kier molecular flexibility index (Phi) is 17.1. The Morgan fingerprint density at radius 2 is 1.18 bits per heavy atom. The third-order valence-corrected chi connectivity index (χ3v) is 8.42. The van der Waals surface area contributed by atoms with Crippen LogP contribution in [0.4, 0.5) is 62.0 Å². The highest BCUT2D eigenvalue weighted by Crippen LogP contribution is 2.27. The van der Waals surface area contributed by atoms with E-state index in [1.54, 1.807) is 93.8 Å². The Morgan fingerprint density at radius 1 is 0.662 bits per heavy atom. The van der Waals surface area contributed by atoms with Gasteiger partial charge in [-0.2, -0.15) is 9.97 Å². The van der Waals surface area contributed by atoms with Gasteiger partial charge in [0.25, 0.3) is 0 Å². The molecule has 65 heavy (non-hydrogen) atoms. The van der Waals surface area contributed by atoms with E-state index in [2.05, 4.69) is 65.0 Å². The van der Waals surface area contributed by atoms with Crippen LogP contribution < -0.4 is 41.4 Å². The van der Waals surface area contributed by atoms with Crippen molar-refractivity contribution in [3.05, 3.63) is 146 Å². The molecule has 0 spiro atoms. The minimum atomic E-state index is -0.962. The lowest BCUT2D eigenvalue weighted by Crippen LogP contribution is -2.27. The van der Waals surface area contributed by atoms with Gasteiger partial charge in [0.15, 0.2) is 17.4 Å². The van der Waals surface area contributed by atoms with Gasteiger partial charge in [-0.15, -0.1) is 0 Å². The maximum atomic E-state index is 14.3. The fourth-order valence-corrected chi connectivity index (χ4v) is 5.38. The fraction of sp³-hybridized carbons (Fsp3) is 0.170. The fourth-order valence-electron chi connectivity index (χ4n) is 5.38. The van der Waals surface area contributed by atoms with E-state index in [1.807, 2.05) is 24.3 Å². The van der Waals surface area contributed by atoms with Gasteiger partial charge in [0.1, 0.15) is 30.5 Å².